The van der Waals surface area contributed by atoms with E-state index in [2.05, 4.69) is 73.5 Å². The van der Waals surface area contributed by atoms with Crippen LogP contribution in [0.25, 0.3) is 0 Å². The fraction of sp³-hybridized carbons (Fsp3) is 0.636. The van der Waals surface area contributed by atoms with E-state index in [1.165, 1.54) is 119 Å². The summed E-state index contributed by atoms with van der Waals surface area (Å²) in [5.41, 5.74) is 9.84. The average Bonchev–Trinajstić information content (AvgIpc) is 2.89. The van der Waals surface area contributed by atoms with Crippen LogP contribution in [0.2, 0.25) is 0 Å². The molecule has 0 aliphatic rings. The van der Waals surface area contributed by atoms with E-state index in [1.54, 1.807) is 0 Å². The quantitative estimate of drug-likeness (QED) is 0.181. The molecule has 2 N–H and O–H groups in total. The first kappa shape index (κ1) is 29.6. The summed E-state index contributed by atoms with van der Waals surface area (Å²) in [6, 6.07) is 20.0. The van der Waals surface area contributed by atoms with Crippen LogP contribution in [0, 0.1) is 0 Å². The molecular formula is C33H54N2. The van der Waals surface area contributed by atoms with Crippen molar-refractivity contribution in [2.45, 2.75) is 122 Å². The van der Waals surface area contributed by atoms with E-state index < -0.39 is 0 Å². The van der Waals surface area contributed by atoms with Crippen molar-refractivity contribution in [3.05, 3.63) is 71.3 Å². The Morgan fingerprint density at radius 2 is 1.09 bits per heavy atom. The molecule has 2 heteroatoms. The van der Waals surface area contributed by atoms with E-state index in [0.29, 0.717) is 12.6 Å². The van der Waals surface area contributed by atoms with Gasteiger partial charge in [0.05, 0.1) is 6.04 Å². The first-order valence-electron chi connectivity index (χ1n) is 14.8. The summed E-state index contributed by atoms with van der Waals surface area (Å²) >= 11 is 0. The lowest BCUT2D eigenvalue weighted by Gasteiger charge is -2.29. The third kappa shape index (κ3) is 12.8. The van der Waals surface area contributed by atoms with Crippen molar-refractivity contribution in [1.29, 1.82) is 0 Å². The number of unbranched alkanes of at least 4 members (excludes halogenated alkanes) is 15. The zero-order valence-corrected chi connectivity index (χ0v) is 23.0. The van der Waals surface area contributed by atoms with Crippen molar-refractivity contribution in [1.82, 2.24) is 4.90 Å². The number of hydrogen-bond donors (Lipinski definition) is 1. The topological polar surface area (TPSA) is 29.3 Å². The maximum Gasteiger partial charge on any atom is 0.0599 e. The molecule has 2 rings (SSSR count). The van der Waals surface area contributed by atoms with Crippen LogP contribution in [0.5, 0.6) is 0 Å². The van der Waals surface area contributed by atoms with Crippen LogP contribution in [-0.4, -0.2) is 18.5 Å². The fourth-order valence-electron chi connectivity index (χ4n) is 5.27. The molecule has 35 heavy (non-hydrogen) atoms. The Labute approximate surface area is 217 Å². The lowest BCUT2D eigenvalue weighted by molar-refractivity contribution is 0.271. The molecular weight excluding hydrogens is 424 g/mol. The van der Waals surface area contributed by atoms with Crippen molar-refractivity contribution in [3.63, 3.8) is 0 Å². The van der Waals surface area contributed by atoms with Gasteiger partial charge in [0, 0.05) is 6.54 Å². The Bertz CT molecular complexity index is 742. The average molecular weight is 479 g/mol. The Morgan fingerprint density at radius 1 is 0.600 bits per heavy atom. The summed E-state index contributed by atoms with van der Waals surface area (Å²) in [6.07, 6.45) is 22.7. The molecule has 0 spiro atoms. The third-order valence-corrected chi connectivity index (χ3v) is 7.42. The SMILES string of the molecule is CCCCCCCCCCCCCCCCCCN(C)C(c1ccccc1)c1cccc(CN)c1. The van der Waals surface area contributed by atoms with Gasteiger partial charge in [-0.2, -0.15) is 0 Å². The van der Waals surface area contributed by atoms with Crippen LogP contribution in [0.4, 0.5) is 0 Å². The van der Waals surface area contributed by atoms with Gasteiger partial charge in [-0.05, 0) is 36.7 Å². The van der Waals surface area contributed by atoms with Gasteiger partial charge in [-0.25, -0.2) is 0 Å². The van der Waals surface area contributed by atoms with E-state index in [0.717, 1.165) is 6.54 Å². The smallest absolute Gasteiger partial charge is 0.0599 e. The van der Waals surface area contributed by atoms with Crippen LogP contribution in [-0.2, 0) is 6.54 Å². The van der Waals surface area contributed by atoms with Gasteiger partial charge in [0.1, 0.15) is 0 Å². The standard InChI is InChI=1S/C33H54N2/c1-3-4-5-6-7-8-9-10-11-12-13-14-15-16-17-21-27-35(2)33(31-24-19-18-20-25-31)32-26-22-23-30(28-32)29-34/h18-20,22-26,28,33H,3-17,21,27,29,34H2,1-2H3. The molecule has 0 radical (unpaired) electrons. The molecule has 196 valence electrons. The van der Waals surface area contributed by atoms with Gasteiger partial charge in [0.2, 0.25) is 0 Å². The normalized spacial score (nSPS) is 12.3. The van der Waals surface area contributed by atoms with Crippen LogP contribution < -0.4 is 5.73 Å². The summed E-state index contributed by atoms with van der Waals surface area (Å²) in [5.74, 6) is 0. The lowest BCUT2D eigenvalue weighted by Crippen LogP contribution is -2.26. The molecule has 2 nitrogen and oxygen atoms in total. The van der Waals surface area contributed by atoms with Gasteiger partial charge >= 0.3 is 0 Å². The Hall–Kier alpha value is -1.64. The van der Waals surface area contributed by atoms with Crippen LogP contribution in [0.3, 0.4) is 0 Å². The second kappa shape index (κ2) is 19.5. The number of benzene rings is 2. The van der Waals surface area contributed by atoms with E-state index in [9.17, 15) is 0 Å². The summed E-state index contributed by atoms with van der Waals surface area (Å²) in [6.45, 7) is 4.02. The highest BCUT2D eigenvalue weighted by Crippen LogP contribution is 2.28. The molecule has 0 aliphatic carbocycles. The number of hydrogen-bond acceptors (Lipinski definition) is 2. The predicted molar refractivity (Wildman–Crippen MR) is 155 cm³/mol. The van der Waals surface area contributed by atoms with Crippen molar-refractivity contribution in [2.75, 3.05) is 13.6 Å². The predicted octanol–water partition coefficient (Wildman–Crippen LogP) is 9.43. The summed E-state index contributed by atoms with van der Waals surface area (Å²) in [7, 11) is 2.28. The number of rotatable bonds is 21. The minimum atomic E-state index is 0.291. The molecule has 0 heterocycles. The minimum Gasteiger partial charge on any atom is -0.326 e. The van der Waals surface area contributed by atoms with E-state index >= 15 is 0 Å². The van der Waals surface area contributed by atoms with E-state index in [1.807, 2.05) is 0 Å². The molecule has 2 aromatic carbocycles. The molecule has 0 amide bonds. The molecule has 0 aromatic heterocycles. The zero-order chi connectivity index (χ0) is 25.0. The Balaban J connectivity index is 1.57. The van der Waals surface area contributed by atoms with Gasteiger partial charge in [0.25, 0.3) is 0 Å². The third-order valence-electron chi connectivity index (χ3n) is 7.42. The number of nitrogens with two attached hydrogens (primary N) is 1. The van der Waals surface area contributed by atoms with Gasteiger partial charge in [-0.15, -0.1) is 0 Å². The van der Waals surface area contributed by atoms with Crippen LogP contribution in [0.1, 0.15) is 132 Å². The molecule has 1 unspecified atom stereocenters. The lowest BCUT2D eigenvalue weighted by atomic mass is 9.95. The Morgan fingerprint density at radius 3 is 1.60 bits per heavy atom. The maximum atomic E-state index is 5.92. The Kier molecular flexibility index (Phi) is 16.5. The van der Waals surface area contributed by atoms with Crippen molar-refractivity contribution >= 4 is 0 Å². The van der Waals surface area contributed by atoms with Gasteiger partial charge < -0.3 is 5.73 Å². The summed E-state index contributed by atoms with van der Waals surface area (Å²) in [4.78, 5) is 2.52. The highest BCUT2D eigenvalue weighted by atomic mass is 15.1. The molecule has 0 bridgehead atoms. The van der Waals surface area contributed by atoms with Crippen molar-refractivity contribution in [2.24, 2.45) is 5.73 Å². The molecule has 0 fully saturated rings. The second-order valence-corrected chi connectivity index (χ2v) is 10.5. The highest BCUT2D eigenvalue weighted by molar-refractivity contribution is 5.34. The van der Waals surface area contributed by atoms with Gasteiger partial charge in [0.15, 0.2) is 0 Å². The van der Waals surface area contributed by atoms with Gasteiger partial charge in [-0.3, -0.25) is 4.90 Å². The largest absolute Gasteiger partial charge is 0.326 e. The monoisotopic (exact) mass is 478 g/mol. The molecule has 2 aromatic rings. The second-order valence-electron chi connectivity index (χ2n) is 10.5. The molecule has 1 atom stereocenters. The molecule has 0 aliphatic heterocycles. The van der Waals surface area contributed by atoms with Gasteiger partial charge in [-0.1, -0.05) is 158 Å². The minimum absolute atomic E-state index is 0.291. The fourth-order valence-corrected chi connectivity index (χ4v) is 5.27. The zero-order valence-electron chi connectivity index (χ0n) is 23.0. The summed E-state index contributed by atoms with van der Waals surface area (Å²) in [5, 5.41) is 0. The summed E-state index contributed by atoms with van der Waals surface area (Å²) < 4.78 is 0. The molecule has 0 saturated heterocycles. The van der Waals surface area contributed by atoms with E-state index in [4.69, 9.17) is 5.73 Å². The first-order valence-corrected chi connectivity index (χ1v) is 14.8. The van der Waals surface area contributed by atoms with Crippen molar-refractivity contribution < 1.29 is 0 Å². The van der Waals surface area contributed by atoms with Crippen LogP contribution in [0.15, 0.2) is 54.6 Å². The molecule has 0 saturated carbocycles. The maximum absolute atomic E-state index is 5.92. The van der Waals surface area contributed by atoms with Crippen molar-refractivity contribution in [3.8, 4) is 0 Å². The highest BCUT2D eigenvalue weighted by Gasteiger charge is 2.19. The first-order chi connectivity index (χ1) is 17.3. The van der Waals surface area contributed by atoms with E-state index in [-0.39, 0.29) is 0 Å². The number of nitrogens with zero attached hydrogens (tertiary/aromatic N) is 1. The van der Waals surface area contributed by atoms with Crippen LogP contribution >= 0.6 is 0 Å².